The molecule has 0 radical (unpaired) electrons. The lowest BCUT2D eigenvalue weighted by Crippen LogP contribution is -2.58. The van der Waals surface area contributed by atoms with Crippen LogP contribution in [0.2, 0.25) is 0 Å². The molecule has 0 aromatic heterocycles. The quantitative estimate of drug-likeness (QED) is 0.336. The molecule has 2 aliphatic rings. The largest absolute Gasteiger partial charge is 0.394 e. The van der Waals surface area contributed by atoms with Crippen LogP contribution in [0.1, 0.15) is 13.8 Å². The average molecular weight is 220 g/mol. The van der Waals surface area contributed by atoms with Crippen LogP contribution in [0.5, 0.6) is 0 Å². The summed E-state index contributed by atoms with van der Waals surface area (Å²) >= 11 is 0. The second-order valence-corrected chi connectivity index (χ2v) is 4.80. The third kappa shape index (κ3) is 0.870. The highest BCUT2D eigenvalue weighted by Crippen LogP contribution is 2.70. The Morgan fingerprint density at radius 3 is 2.13 bits per heavy atom. The van der Waals surface area contributed by atoms with Gasteiger partial charge < -0.3 is 30.3 Å². The zero-order chi connectivity index (χ0) is 11.6. The molecule has 1 aliphatic carbocycles. The molecule has 6 nitrogen and oxygen atoms in total. The normalized spacial score (nSPS) is 57.4. The van der Waals surface area contributed by atoms with E-state index in [1.54, 1.807) is 13.8 Å². The van der Waals surface area contributed by atoms with E-state index in [9.17, 15) is 20.4 Å². The van der Waals surface area contributed by atoms with Crippen molar-refractivity contribution in [2.45, 2.75) is 43.5 Å². The maximum Gasteiger partial charge on any atom is 0.184 e. The Labute approximate surface area is 86.7 Å². The predicted molar refractivity (Wildman–Crippen MR) is 47.7 cm³/mol. The average Bonchev–Trinajstić information content (AvgIpc) is 2.54. The molecule has 1 saturated heterocycles. The number of fused-ring (bicyclic) bond motifs is 1. The fourth-order valence-electron chi connectivity index (χ4n) is 2.86. The van der Waals surface area contributed by atoms with Gasteiger partial charge in [-0.15, -0.1) is 0 Å². The topological polar surface area (TPSA) is 110 Å². The fraction of sp³-hybridized carbons (Fsp3) is 1.00. The fourth-order valence-corrected chi connectivity index (χ4v) is 2.86. The Balaban J connectivity index is 2.43. The van der Waals surface area contributed by atoms with E-state index in [4.69, 9.17) is 9.84 Å². The third-order valence-electron chi connectivity index (χ3n) is 4.06. The number of ether oxygens (including phenoxy) is 1. The van der Waals surface area contributed by atoms with Gasteiger partial charge in [-0.2, -0.15) is 0 Å². The lowest BCUT2D eigenvalue weighted by atomic mass is 9.99. The highest BCUT2D eigenvalue weighted by Gasteiger charge is 2.90. The molecule has 6 heteroatoms. The summed E-state index contributed by atoms with van der Waals surface area (Å²) < 4.78 is 4.85. The molecule has 5 N–H and O–H groups in total. The van der Waals surface area contributed by atoms with Gasteiger partial charge in [0.15, 0.2) is 6.29 Å². The van der Waals surface area contributed by atoms with E-state index < -0.39 is 41.7 Å². The summed E-state index contributed by atoms with van der Waals surface area (Å²) in [5, 5.41) is 48.2. The minimum absolute atomic E-state index is 0.536. The van der Waals surface area contributed by atoms with Crippen molar-refractivity contribution in [2.75, 3.05) is 6.61 Å². The Hall–Kier alpha value is -0.240. The van der Waals surface area contributed by atoms with Crippen molar-refractivity contribution in [1.29, 1.82) is 0 Å². The van der Waals surface area contributed by atoms with Crippen LogP contribution < -0.4 is 0 Å². The lowest BCUT2D eigenvalue weighted by molar-refractivity contribution is -0.286. The van der Waals surface area contributed by atoms with Crippen LogP contribution in [-0.2, 0) is 4.74 Å². The first-order chi connectivity index (χ1) is 6.75. The Kier molecular flexibility index (Phi) is 2.03. The van der Waals surface area contributed by atoms with Crippen LogP contribution in [0.25, 0.3) is 0 Å². The van der Waals surface area contributed by atoms with Crippen molar-refractivity contribution in [1.82, 2.24) is 0 Å². The van der Waals surface area contributed by atoms with E-state index in [-0.39, 0.29) is 0 Å². The van der Waals surface area contributed by atoms with Crippen molar-refractivity contribution in [3.63, 3.8) is 0 Å². The SMILES string of the molecule is CC1(C)[C@]2(O)[C@@H](CO)O[C@@H](O)[C@H](O)[C@]12O. The minimum Gasteiger partial charge on any atom is -0.394 e. The number of hydrogen-bond donors (Lipinski definition) is 5. The van der Waals surface area contributed by atoms with E-state index in [1.165, 1.54) is 0 Å². The molecule has 1 saturated carbocycles. The van der Waals surface area contributed by atoms with Crippen LogP contribution in [0.15, 0.2) is 0 Å². The van der Waals surface area contributed by atoms with Crippen LogP contribution in [-0.4, -0.2) is 61.8 Å². The van der Waals surface area contributed by atoms with Gasteiger partial charge in [-0.25, -0.2) is 0 Å². The minimum atomic E-state index is -1.84. The summed E-state index contributed by atoms with van der Waals surface area (Å²) in [6.45, 7) is 2.55. The molecule has 0 aromatic carbocycles. The highest BCUT2D eigenvalue weighted by molar-refractivity contribution is 5.38. The van der Waals surface area contributed by atoms with Crippen LogP contribution >= 0.6 is 0 Å². The first-order valence-electron chi connectivity index (χ1n) is 4.82. The first kappa shape index (κ1) is 11.3. The van der Waals surface area contributed by atoms with E-state index >= 15 is 0 Å². The van der Waals surface area contributed by atoms with Crippen molar-refractivity contribution < 1.29 is 30.3 Å². The van der Waals surface area contributed by atoms with Crippen LogP contribution in [0.3, 0.4) is 0 Å². The zero-order valence-electron chi connectivity index (χ0n) is 8.58. The van der Waals surface area contributed by atoms with Crippen molar-refractivity contribution in [3.05, 3.63) is 0 Å². The molecule has 1 aliphatic heterocycles. The van der Waals surface area contributed by atoms with Crippen molar-refractivity contribution in [2.24, 2.45) is 5.41 Å². The molecule has 0 aromatic rings. The molecular weight excluding hydrogens is 204 g/mol. The molecule has 5 atom stereocenters. The van der Waals surface area contributed by atoms with Crippen LogP contribution in [0, 0.1) is 5.41 Å². The Morgan fingerprint density at radius 1 is 1.13 bits per heavy atom. The smallest absolute Gasteiger partial charge is 0.184 e. The van der Waals surface area contributed by atoms with E-state index in [1.807, 2.05) is 0 Å². The van der Waals surface area contributed by atoms with Crippen molar-refractivity contribution >= 4 is 0 Å². The summed E-state index contributed by atoms with van der Waals surface area (Å²) in [5.74, 6) is 0. The molecule has 0 unspecified atom stereocenters. The lowest BCUT2D eigenvalue weighted by Gasteiger charge is -2.36. The predicted octanol–water partition coefficient (Wildman–Crippen LogP) is -2.44. The van der Waals surface area contributed by atoms with Gasteiger partial charge in [-0.3, -0.25) is 0 Å². The number of aliphatic hydroxyl groups is 5. The standard InChI is InChI=1S/C9H16O6/c1-7(2)8(13)4(3-10)15-6(12)5(11)9(7,8)14/h4-6,10-14H,3H2,1-2H3/t4-,5+,6-,8-,9+/m1/s1. The molecule has 15 heavy (non-hydrogen) atoms. The summed E-state index contributed by atoms with van der Waals surface area (Å²) in [7, 11) is 0. The van der Waals surface area contributed by atoms with Gasteiger partial charge in [0.1, 0.15) is 23.4 Å². The van der Waals surface area contributed by atoms with Gasteiger partial charge in [-0.1, -0.05) is 13.8 Å². The summed E-state index contributed by atoms with van der Waals surface area (Å²) in [4.78, 5) is 0. The maximum atomic E-state index is 10.2. The van der Waals surface area contributed by atoms with E-state index in [0.717, 1.165) is 0 Å². The molecule has 0 bridgehead atoms. The Morgan fingerprint density at radius 2 is 1.67 bits per heavy atom. The Bertz CT molecular complexity index is 282. The second kappa shape index (κ2) is 2.71. The summed E-state index contributed by atoms with van der Waals surface area (Å²) in [6.07, 6.45) is -4.29. The van der Waals surface area contributed by atoms with Crippen LogP contribution in [0.4, 0.5) is 0 Å². The molecule has 88 valence electrons. The van der Waals surface area contributed by atoms with Gasteiger partial charge >= 0.3 is 0 Å². The molecule has 2 fully saturated rings. The summed E-state index contributed by atoms with van der Waals surface area (Å²) in [6, 6.07) is 0. The molecular formula is C9H16O6. The third-order valence-corrected chi connectivity index (χ3v) is 4.06. The van der Waals surface area contributed by atoms with Gasteiger partial charge in [-0.05, 0) is 0 Å². The number of hydrogen-bond acceptors (Lipinski definition) is 6. The van der Waals surface area contributed by atoms with Gasteiger partial charge in [0.05, 0.1) is 6.61 Å². The highest BCUT2D eigenvalue weighted by atomic mass is 16.6. The van der Waals surface area contributed by atoms with E-state index in [0.29, 0.717) is 0 Å². The molecule has 0 spiro atoms. The maximum absolute atomic E-state index is 10.2. The number of rotatable bonds is 1. The van der Waals surface area contributed by atoms with E-state index in [2.05, 4.69) is 0 Å². The van der Waals surface area contributed by atoms with Gasteiger partial charge in [0, 0.05) is 5.41 Å². The molecule has 2 rings (SSSR count). The molecule has 0 amide bonds. The molecule has 1 heterocycles. The van der Waals surface area contributed by atoms with Gasteiger partial charge in [0.2, 0.25) is 0 Å². The zero-order valence-corrected chi connectivity index (χ0v) is 8.58. The van der Waals surface area contributed by atoms with Gasteiger partial charge in [0.25, 0.3) is 0 Å². The van der Waals surface area contributed by atoms with Crippen molar-refractivity contribution in [3.8, 4) is 0 Å². The summed E-state index contributed by atoms with van der Waals surface area (Å²) in [5.41, 5.74) is -4.61. The monoisotopic (exact) mass is 220 g/mol. The number of aliphatic hydroxyl groups excluding tert-OH is 3. The first-order valence-corrected chi connectivity index (χ1v) is 4.82. The second-order valence-electron chi connectivity index (χ2n) is 4.80.